The average Bonchev–Trinajstić information content (AvgIpc) is 2.59. The van der Waals surface area contributed by atoms with Crippen LogP contribution in [0.3, 0.4) is 0 Å². The minimum atomic E-state index is -1.14. The Balaban J connectivity index is 1.71. The molecule has 0 radical (unpaired) electrons. The summed E-state index contributed by atoms with van der Waals surface area (Å²) in [5.41, 5.74) is 5.87. The Morgan fingerprint density at radius 2 is 1.71 bits per heavy atom. The van der Waals surface area contributed by atoms with Crippen LogP contribution in [0.25, 0.3) is 0 Å². The van der Waals surface area contributed by atoms with Crippen LogP contribution in [0.1, 0.15) is 30.1 Å². The zero-order valence-corrected chi connectivity index (χ0v) is 13.0. The second-order valence-corrected chi connectivity index (χ2v) is 5.36. The molecule has 0 aliphatic carbocycles. The molecule has 0 spiro atoms. The fraction of sp³-hybridized carbons (Fsp3) is 0.222. The van der Waals surface area contributed by atoms with Crippen LogP contribution in [0, 0.1) is 5.82 Å². The molecule has 0 fully saturated rings. The molecule has 24 heavy (non-hydrogen) atoms. The summed E-state index contributed by atoms with van der Waals surface area (Å²) in [6.45, 7) is 0. The van der Waals surface area contributed by atoms with Gasteiger partial charge in [-0.2, -0.15) is 0 Å². The van der Waals surface area contributed by atoms with Crippen molar-refractivity contribution in [2.45, 2.75) is 25.4 Å². The van der Waals surface area contributed by atoms with Crippen molar-refractivity contribution >= 4 is 11.8 Å². The Morgan fingerprint density at radius 3 is 2.42 bits per heavy atom. The number of hydrogen-bond donors (Lipinski definition) is 3. The molecule has 0 aromatic heterocycles. The van der Waals surface area contributed by atoms with E-state index in [9.17, 15) is 19.1 Å². The van der Waals surface area contributed by atoms with E-state index >= 15 is 0 Å². The number of amides is 2. The molecule has 0 saturated heterocycles. The number of aliphatic hydroxyl groups excluding tert-OH is 1. The van der Waals surface area contributed by atoms with Crippen molar-refractivity contribution in [1.29, 1.82) is 0 Å². The maximum Gasteiger partial charge on any atom is 0.241 e. The predicted octanol–water partition coefficient (Wildman–Crippen LogP) is 2.03. The molecule has 2 aromatic carbocycles. The van der Waals surface area contributed by atoms with E-state index in [0.717, 1.165) is 11.6 Å². The molecular formula is C18H19FN2O3. The van der Waals surface area contributed by atoms with E-state index in [1.165, 1.54) is 18.2 Å². The van der Waals surface area contributed by atoms with Crippen molar-refractivity contribution in [3.05, 3.63) is 71.5 Å². The van der Waals surface area contributed by atoms with Gasteiger partial charge in [0.25, 0.3) is 0 Å². The van der Waals surface area contributed by atoms with Crippen LogP contribution < -0.4 is 10.9 Å². The Bertz CT molecular complexity index is 692. The SMILES string of the molecule is O=C(CCc1ccccc1)NNC(=O)CC(O)c1cccc(F)c1. The first-order chi connectivity index (χ1) is 11.5. The van der Waals surface area contributed by atoms with Crippen LogP contribution in [-0.4, -0.2) is 16.9 Å². The molecule has 2 amide bonds. The lowest BCUT2D eigenvalue weighted by atomic mass is 10.1. The number of carbonyl (C=O) groups excluding carboxylic acids is 2. The topological polar surface area (TPSA) is 78.4 Å². The minimum absolute atomic E-state index is 0.233. The molecule has 3 N–H and O–H groups in total. The molecule has 0 aliphatic rings. The first-order valence-corrected chi connectivity index (χ1v) is 7.60. The van der Waals surface area contributed by atoms with Gasteiger partial charge in [0.15, 0.2) is 0 Å². The van der Waals surface area contributed by atoms with Gasteiger partial charge in [0, 0.05) is 6.42 Å². The molecule has 2 aromatic rings. The van der Waals surface area contributed by atoms with Crippen molar-refractivity contribution in [2.75, 3.05) is 0 Å². The van der Waals surface area contributed by atoms with E-state index in [1.54, 1.807) is 0 Å². The molecule has 1 atom stereocenters. The molecule has 0 saturated carbocycles. The number of hydrazine groups is 1. The summed E-state index contributed by atoms with van der Waals surface area (Å²) in [6, 6.07) is 14.9. The molecule has 5 nitrogen and oxygen atoms in total. The smallest absolute Gasteiger partial charge is 0.241 e. The molecule has 2 rings (SSSR count). The van der Waals surface area contributed by atoms with Gasteiger partial charge in [0.05, 0.1) is 12.5 Å². The Labute approximate surface area is 139 Å². The number of benzene rings is 2. The van der Waals surface area contributed by atoms with Gasteiger partial charge in [-0.15, -0.1) is 0 Å². The van der Waals surface area contributed by atoms with Crippen molar-refractivity contribution in [3.63, 3.8) is 0 Å². The van der Waals surface area contributed by atoms with Crippen molar-refractivity contribution in [1.82, 2.24) is 10.9 Å². The van der Waals surface area contributed by atoms with Crippen LogP contribution in [0.15, 0.2) is 54.6 Å². The number of aryl methyl sites for hydroxylation is 1. The second-order valence-electron chi connectivity index (χ2n) is 5.36. The number of hydrogen-bond acceptors (Lipinski definition) is 3. The third kappa shape index (κ3) is 5.81. The van der Waals surface area contributed by atoms with Gasteiger partial charge in [-0.25, -0.2) is 4.39 Å². The van der Waals surface area contributed by atoms with Crippen LogP contribution in [-0.2, 0) is 16.0 Å². The van der Waals surface area contributed by atoms with Crippen LogP contribution >= 0.6 is 0 Å². The number of halogens is 1. The summed E-state index contributed by atoms with van der Waals surface area (Å²) in [6.07, 6.45) is -0.616. The molecule has 6 heteroatoms. The molecule has 0 aliphatic heterocycles. The first-order valence-electron chi connectivity index (χ1n) is 7.60. The van der Waals surface area contributed by atoms with E-state index in [2.05, 4.69) is 10.9 Å². The van der Waals surface area contributed by atoms with Gasteiger partial charge < -0.3 is 5.11 Å². The highest BCUT2D eigenvalue weighted by atomic mass is 19.1. The van der Waals surface area contributed by atoms with E-state index in [0.29, 0.717) is 12.0 Å². The van der Waals surface area contributed by atoms with Gasteiger partial charge in [-0.05, 0) is 29.7 Å². The lowest BCUT2D eigenvalue weighted by Gasteiger charge is -2.12. The van der Waals surface area contributed by atoms with Gasteiger partial charge in [-0.1, -0.05) is 42.5 Å². The average molecular weight is 330 g/mol. The molecule has 126 valence electrons. The highest BCUT2D eigenvalue weighted by molar-refractivity contribution is 5.82. The van der Waals surface area contributed by atoms with E-state index in [1.807, 2.05) is 30.3 Å². The third-order valence-electron chi connectivity index (χ3n) is 3.44. The minimum Gasteiger partial charge on any atom is -0.388 e. The van der Waals surface area contributed by atoms with Gasteiger partial charge in [-0.3, -0.25) is 20.4 Å². The Hall–Kier alpha value is -2.73. The monoisotopic (exact) mass is 330 g/mol. The van der Waals surface area contributed by atoms with Crippen LogP contribution in [0.4, 0.5) is 4.39 Å². The first kappa shape index (κ1) is 17.6. The van der Waals surface area contributed by atoms with E-state index in [4.69, 9.17) is 0 Å². The van der Waals surface area contributed by atoms with Gasteiger partial charge >= 0.3 is 0 Å². The maximum absolute atomic E-state index is 13.1. The highest BCUT2D eigenvalue weighted by Gasteiger charge is 2.14. The fourth-order valence-electron chi connectivity index (χ4n) is 2.16. The van der Waals surface area contributed by atoms with Gasteiger partial charge in [0.2, 0.25) is 11.8 Å². The Morgan fingerprint density at radius 1 is 1.00 bits per heavy atom. The lowest BCUT2D eigenvalue weighted by Crippen LogP contribution is -2.42. The highest BCUT2D eigenvalue weighted by Crippen LogP contribution is 2.17. The lowest BCUT2D eigenvalue weighted by molar-refractivity contribution is -0.130. The number of aliphatic hydroxyl groups is 1. The Kier molecular flexibility index (Phi) is 6.45. The van der Waals surface area contributed by atoms with E-state index in [-0.39, 0.29) is 18.7 Å². The summed E-state index contributed by atoms with van der Waals surface area (Å²) in [5, 5.41) is 9.89. The van der Waals surface area contributed by atoms with Crippen molar-refractivity contribution < 1.29 is 19.1 Å². The zero-order valence-electron chi connectivity index (χ0n) is 13.0. The number of carbonyl (C=O) groups is 2. The summed E-state index contributed by atoms with van der Waals surface area (Å²) >= 11 is 0. The normalized spacial score (nSPS) is 11.6. The summed E-state index contributed by atoms with van der Waals surface area (Å²) in [4.78, 5) is 23.4. The zero-order chi connectivity index (χ0) is 17.4. The molecule has 0 heterocycles. The maximum atomic E-state index is 13.1. The van der Waals surface area contributed by atoms with E-state index < -0.39 is 17.8 Å². The number of nitrogens with one attached hydrogen (secondary N) is 2. The largest absolute Gasteiger partial charge is 0.388 e. The number of rotatable bonds is 6. The van der Waals surface area contributed by atoms with Crippen molar-refractivity contribution in [2.24, 2.45) is 0 Å². The van der Waals surface area contributed by atoms with Crippen LogP contribution in [0.5, 0.6) is 0 Å². The standard InChI is InChI=1S/C18H19FN2O3/c19-15-8-4-7-14(11-15)16(22)12-18(24)21-20-17(23)10-9-13-5-2-1-3-6-13/h1-8,11,16,22H,9-10,12H2,(H,20,23)(H,21,24). The second kappa shape index (κ2) is 8.79. The molecular weight excluding hydrogens is 311 g/mol. The van der Waals surface area contributed by atoms with Crippen LogP contribution in [0.2, 0.25) is 0 Å². The summed E-state index contributed by atoms with van der Waals surface area (Å²) < 4.78 is 13.1. The van der Waals surface area contributed by atoms with Crippen molar-refractivity contribution in [3.8, 4) is 0 Å². The fourth-order valence-corrected chi connectivity index (χ4v) is 2.16. The summed E-state index contributed by atoms with van der Waals surface area (Å²) in [7, 11) is 0. The quantitative estimate of drug-likeness (QED) is 0.709. The third-order valence-corrected chi connectivity index (χ3v) is 3.44. The predicted molar refractivity (Wildman–Crippen MR) is 87.0 cm³/mol. The molecule has 1 unspecified atom stereocenters. The molecule has 0 bridgehead atoms. The van der Waals surface area contributed by atoms with Gasteiger partial charge in [0.1, 0.15) is 5.82 Å². The summed E-state index contributed by atoms with van der Waals surface area (Å²) in [5.74, 6) is -1.37.